The molecule has 0 atom stereocenters. The molecule has 190 valence electrons. The Hall–Kier alpha value is -1.96. The summed E-state index contributed by atoms with van der Waals surface area (Å²) in [6.07, 6.45) is 2.21. The summed E-state index contributed by atoms with van der Waals surface area (Å²) in [5.74, 6) is 0. The van der Waals surface area contributed by atoms with Crippen LogP contribution in [-0.2, 0) is 36.2 Å². The normalized spacial score (nSPS) is 9.43. The van der Waals surface area contributed by atoms with Crippen molar-refractivity contribution in [3.8, 4) is 22.3 Å². The molecule has 5 aromatic rings. The van der Waals surface area contributed by atoms with Gasteiger partial charge in [0.15, 0.2) is 0 Å². The molecule has 0 aliphatic rings. The van der Waals surface area contributed by atoms with E-state index in [4.69, 9.17) is 0 Å². The van der Waals surface area contributed by atoms with Crippen molar-refractivity contribution < 1.29 is 48.1 Å². The molecule has 5 rings (SSSR count). The minimum atomic E-state index is -0.122. The average molecular weight is 621 g/mol. The van der Waals surface area contributed by atoms with Gasteiger partial charge >= 0.3 is 70.8 Å². The number of hydrogen-bond donors (Lipinski definition) is 0. The third-order valence-corrected chi connectivity index (χ3v) is 9.20. The Labute approximate surface area is 251 Å². The zero-order chi connectivity index (χ0) is 24.9. The van der Waals surface area contributed by atoms with Crippen molar-refractivity contribution in [2.24, 2.45) is 0 Å². The van der Waals surface area contributed by atoms with Crippen LogP contribution >= 0.6 is 0 Å². The van der Waals surface area contributed by atoms with Crippen molar-refractivity contribution in [3.05, 3.63) is 139 Å². The topological polar surface area (TPSA) is 0 Å². The molecule has 0 amide bonds. The van der Waals surface area contributed by atoms with Gasteiger partial charge in [0.05, 0.1) is 0 Å². The van der Waals surface area contributed by atoms with Crippen LogP contribution in [0.1, 0.15) is 25.0 Å². The molecule has 0 unspecified atom stereocenters. The Kier molecular flexibility index (Phi) is 16.4. The van der Waals surface area contributed by atoms with Gasteiger partial charge in [0, 0.05) is 0 Å². The summed E-state index contributed by atoms with van der Waals surface area (Å²) in [7, 11) is 0. The van der Waals surface area contributed by atoms with Crippen molar-refractivity contribution in [3.63, 3.8) is 0 Å². The van der Waals surface area contributed by atoms with Crippen molar-refractivity contribution in [2.45, 2.75) is 33.2 Å². The summed E-state index contributed by atoms with van der Waals surface area (Å²) in [6, 6.07) is 45.1. The maximum absolute atomic E-state index is 2.35. The smallest absolute Gasteiger partial charge is 1.00 e. The van der Waals surface area contributed by atoms with Crippen LogP contribution in [0, 0.1) is 0 Å². The van der Waals surface area contributed by atoms with Gasteiger partial charge < -0.3 is 24.8 Å². The van der Waals surface area contributed by atoms with E-state index in [0.29, 0.717) is 0 Å². The standard InChI is InChI=1S/2C13H13.C7H8Si.2ClH.Zr/c2*1-2-11-6-5-9-13(10-11)12-7-3-4-8-12;1-8-7-5-3-2-4-6-7;;;/h2*3-10H,2H2,1H3;2-6H,1H3;2*1H;/q2*-1;;;;+2/p-2. The zero-order valence-electron chi connectivity index (χ0n) is 21.8. The molecule has 0 aliphatic carbocycles. The van der Waals surface area contributed by atoms with E-state index in [-0.39, 0.29) is 30.2 Å². The van der Waals surface area contributed by atoms with E-state index < -0.39 is 0 Å². The maximum Gasteiger partial charge on any atom is -1.00 e. The maximum atomic E-state index is 2.35. The number of halogens is 2. The minimum absolute atomic E-state index is 0. The van der Waals surface area contributed by atoms with Crippen molar-refractivity contribution in [1.29, 1.82) is 0 Å². The van der Waals surface area contributed by atoms with Gasteiger partial charge in [0.1, 0.15) is 0 Å². The monoisotopic (exact) mass is 618 g/mol. The summed E-state index contributed by atoms with van der Waals surface area (Å²) >= 11 is 1.69. The Morgan fingerprint density at radius 1 is 0.568 bits per heavy atom. The van der Waals surface area contributed by atoms with E-state index in [1.165, 1.54) is 33.4 Å². The summed E-state index contributed by atoms with van der Waals surface area (Å²) < 4.78 is 0. The Bertz CT molecular complexity index is 1200. The van der Waals surface area contributed by atoms with Gasteiger partial charge in [-0.05, 0) is 12.8 Å². The van der Waals surface area contributed by atoms with Crippen LogP contribution in [0.3, 0.4) is 0 Å². The second-order valence-corrected chi connectivity index (χ2v) is 15.8. The molecule has 0 bridgehead atoms. The van der Waals surface area contributed by atoms with Crippen LogP contribution < -0.4 is 30.0 Å². The first-order valence-electron chi connectivity index (χ1n) is 12.3. The van der Waals surface area contributed by atoms with Crippen molar-refractivity contribution >= 4 is 10.6 Å². The summed E-state index contributed by atoms with van der Waals surface area (Å²) in [5.41, 5.74) is 7.96. The molecule has 0 fully saturated rings. The third kappa shape index (κ3) is 11.1. The average Bonchev–Trinajstić information content (AvgIpc) is 3.65. The van der Waals surface area contributed by atoms with Crippen LogP contribution in [0.4, 0.5) is 0 Å². The van der Waals surface area contributed by atoms with Crippen LogP contribution in [0.15, 0.2) is 127 Å². The molecule has 0 saturated carbocycles. The predicted molar refractivity (Wildman–Crippen MR) is 151 cm³/mol. The van der Waals surface area contributed by atoms with Gasteiger partial charge in [-0.15, -0.1) is 59.7 Å². The largest absolute Gasteiger partial charge is 1.00 e. The molecule has 0 heterocycles. The fourth-order valence-electron chi connectivity index (χ4n) is 3.76. The van der Waals surface area contributed by atoms with E-state index in [9.17, 15) is 0 Å². The predicted octanol–water partition coefficient (Wildman–Crippen LogP) is 2.34. The fraction of sp³-hybridized carbons (Fsp3) is 0.152. The van der Waals surface area contributed by atoms with Gasteiger partial charge in [0.2, 0.25) is 0 Å². The zero-order valence-corrected chi connectivity index (χ0v) is 26.8. The third-order valence-electron chi connectivity index (χ3n) is 5.87. The Morgan fingerprint density at radius 3 is 1.30 bits per heavy atom. The van der Waals surface area contributed by atoms with E-state index in [0.717, 1.165) is 12.8 Å². The molecular weight excluding hydrogens is 587 g/mol. The number of aryl methyl sites for hydroxylation is 2. The summed E-state index contributed by atoms with van der Waals surface area (Å²) in [5, 5.41) is 1.56. The molecule has 0 aliphatic heterocycles. The summed E-state index contributed by atoms with van der Waals surface area (Å²) in [4.78, 5) is 0. The molecule has 37 heavy (non-hydrogen) atoms. The summed E-state index contributed by atoms with van der Waals surface area (Å²) in [6.45, 7) is 6.71. The molecule has 0 N–H and O–H groups in total. The first kappa shape index (κ1) is 33.1. The first-order chi connectivity index (χ1) is 17.1. The van der Waals surface area contributed by atoms with Crippen molar-refractivity contribution in [2.75, 3.05) is 0 Å². The second kappa shape index (κ2) is 18.3. The fourth-order valence-corrected chi connectivity index (χ4v) is 5.68. The number of rotatable bonds is 5. The number of benzene rings is 3. The molecular formula is C33H34Cl2SiZr-2. The first-order valence-corrected chi connectivity index (χ1v) is 18.0. The Balaban J connectivity index is 0.000000275. The van der Waals surface area contributed by atoms with Crippen LogP contribution in [0.2, 0.25) is 6.55 Å². The van der Waals surface area contributed by atoms with Gasteiger partial charge in [0.25, 0.3) is 0 Å². The SMILES string of the molecule is CCc1cccc(-[c-]2cccc2)c1.CCc1cccc(-[c-]2cccc2)c1.C[Si](=[Zr+2])c1ccccc1.[Cl-].[Cl-]. The molecule has 0 saturated heterocycles. The van der Waals surface area contributed by atoms with E-state index in [1.807, 2.05) is 0 Å². The van der Waals surface area contributed by atoms with Crippen LogP contribution in [0.5, 0.6) is 0 Å². The molecule has 0 aromatic heterocycles. The quantitative estimate of drug-likeness (QED) is 0.209. The second-order valence-electron chi connectivity index (χ2n) is 8.45. The number of hydrogen-bond acceptors (Lipinski definition) is 0. The van der Waals surface area contributed by atoms with Gasteiger partial charge in [-0.25, -0.2) is 0 Å². The van der Waals surface area contributed by atoms with Crippen LogP contribution in [-0.4, -0.2) is 5.43 Å². The van der Waals surface area contributed by atoms with Gasteiger partial charge in [-0.1, -0.05) is 60.4 Å². The van der Waals surface area contributed by atoms with E-state index in [1.54, 1.807) is 28.5 Å². The van der Waals surface area contributed by atoms with Gasteiger partial charge in [-0.3, -0.25) is 0 Å². The van der Waals surface area contributed by atoms with E-state index >= 15 is 0 Å². The van der Waals surface area contributed by atoms with Gasteiger partial charge in [-0.2, -0.15) is 24.3 Å². The van der Waals surface area contributed by atoms with Crippen LogP contribution in [0.25, 0.3) is 22.3 Å². The van der Waals surface area contributed by atoms with Crippen molar-refractivity contribution in [1.82, 2.24) is 0 Å². The van der Waals surface area contributed by atoms with E-state index in [2.05, 4.69) is 148 Å². The molecule has 0 radical (unpaired) electrons. The molecule has 5 aromatic carbocycles. The molecule has 0 nitrogen and oxygen atoms in total. The molecule has 0 spiro atoms. The molecule has 4 heteroatoms. The minimum Gasteiger partial charge on any atom is -1.00 e. The Morgan fingerprint density at radius 2 is 0.973 bits per heavy atom.